The molecule has 0 amide bonds. The average Bonchev–Trinajstić information content (AvgIpc) is 2.73. The number of ketones is 1. The van der Waals surface area contributed by atoms with E-state index in [-0.39, 0.29) is 17.7 Å². The molecule has 0 radical (unpaired) electrons. The van der Waals surface area contributed by atoms with Crippen molar-refractivity contribution in [1.82, 2.24) is 0 Å². The number of carbonyl (C=O) groups excluding carboxylic acids is 2. The molecule has 0 saturated carbocycles. The van der Waals surface area contributed by atoms with Gasteiger partial charge in [0.05, 0.1) is 5.41 Å². The molecule has 2 rings (SSSR count). The van der Waals surface area contributed by atoms with Crippen LogP contribution in [0.4, 0.5) is 0 Å². The highest BCUT2D eigenvalue weighted by atomic mass is 16.5. The maximum atomic E-state index is 13.0. The fraction of sp³-hybridized carbons (Fsp3) is 0.440. The molecule has 0 bridgehead atoms. The van der Waals surface area contributed by atoms with Crippen LogP contribution in [0.5, 0.6) is 5.75 Å². The van der Waals surface area contributed by atoms with Crippen LogP contribution in [-0.2, 0) is 4.79 Å². The van der Waals surface area contributed by atoms with Crippen LogP contribution >= 0.6 is 0 Å². The molecule has 0 saturated heterocycles. The molecule has 0 aliphatic rings. The van der Waals surface area contributed by atoms with E-state index >= 15 is 0 Å². The Hall–Kier alpha value is -2.42. The Labute approximate surface area is 169 Å². The second-order valence-electron chi connectivity index (χ2n) is 8.05. The number of benzene rings is 2. The SMILES string of the molecule is CCC(C)CC(C)(C(=O)Oc1ccc(C(=O)c2ccccc2)cc1)C(C)CC. The van der Waals surface area contributed by atoms with Crippen LogP contribution in [0.2, 0.25) is 0 Å². The highest BCUT2D eigenvalue weighted by Crippen LogP contribution is 2.38. The first-order valence-corrected chi connectivity index (χ1v) is 10.2. The zero-order valence-electron chi connectivity index (χ0n) is 17.7. The molecule has 0 spiro atoms. The van der Waals surface area contributed by atoms with Crippen molar-refractivity contribution in [3.8, 4) is 5.75 Å². The molecule has 150 valence electrons. The lowest BCUT2D eigenvalue weighted by Crippen LogP contribution is -2.39. The second kappa shape index (κ2) is 9.68. The van der Waals surface area contributed by atoms with E-state index in [1.54, 1.807) is 36.4 Å². The van der Waals surface area contributed by atoms with E-state index in [0.717, 1.165) is 19.3 Å². The molecule has 2 aromatic carbocycles. The van der Waals surface area contributed by atoms with Gasteiger partial charge in [-0.25, -0.2) is 0 Å². The molecule has 0 heterocycles. The number of carbonyl (C=O) groups is 2. The van der Waals surface area contributed by atoms with E-state index in [9.17, 15) is 9.59 Å². The van der Waals surface area contributed by atoms with Crippen LogP contribution in [0.1, 0.15) is 69.8 Å². The summed E-state index contributed by atoms with van der Waals surface area (Å²) in [6, 6.07) is 16.0. The van der Waals surface area contributed by atoms with Crippen molar-refractivity contribution in [2.24, 2.45) is 17.3 Å². The zero-order valence-corrected chi connectivity index (χ0v) is 17.7. The van der Waals surface area contributed by atoms with Crippen LogP contribution in [0, 0.1) is 17.3 Å². The summed E-state index contributed by atoms with van der Waals surface area (Å²) in [7, 11) is 0. The summed E-state index contributed by atoms with van der Waals surface area (Å²) in [6.07, 6.45) is 2.77. The number of ether oxygens (including phenoxy) is 1. The van der Waals surface area contributed by atoms with Gasteiger partial charge in [0.15, 0.2) is 5.78 Å². The Morgan fingerprint density at radius 2 is 1.46 bits per heavy atom. The number of esters is 1. The average molecular weight is 381 g/mol. The van der Waals surface area contributed by atoms with E-state index in [1.807, 2.05) is 25.1 Å². The van der Waals surface area contributed by atoms with Gasteiger partial charge in [0.25, 0.3) is 0 Å². The van der Waals surface area contributed by atoms with E-state index < -0.39 is 5.41 Å². The largest absolute Gasteiger partial charge is 0.426 e. The summed E-state index contributed by atoms with van der Waals surface area (Å²) in [4.78, 5) is 25.6. The van der Waals surface area contributed by atoms with Crippen molar-refractivity contribution >= 4 is 11.8 Å². The predicted molar refractivity (Wildman–Crippen MR) is 114 cm³/mol. The first-order valence-electron chi connectivity index (χ1n) is 10.2. The molecule has 0 aliphatic carbocycles. The monoisotopic (exact) mass is 380 g/mol. The molecular formula is C25H32O3. The highest BCUT2D eigenvalue weighted by Gasteiger charge is 2.40. The molecule has 3 heteroatoms. The van der Waals surface area contributed by atoms with Crippen molar-refractivity contribution in [2.75, 3.05) is 0 Å². The topological polar surface area (TPSA) is 43.4 Å². The summed E-state index contributed by atoms with van der Waals surface area (Å²) in [6.45, 7) is 10.6. The number of rotatable bonds is 9. The van der Waals surface area contributed by atoms with E-state index in [2.05, 4.69) is 27.7 Å². The Morgan fingerprint density at radius 1 is 0.893 bits per heavy atom. The van der Waals surface area contributed by atoms with Gasteiger partial charge in [-0.05, 0) is 49.4 Å². The Bertz CT molecular complexity index is 779. The maximum Gasteiger partial charge on any atom is 0.317 e. The van der Waals surface area contributed by atoms with Crippen molar-refractivity contribution in [3.05, 3.63) is 65.7 Å². The van der Waals surface area contributed by atoms with Gasteiger partial charge in [-0.15, -0.1) is 0 Å². The third-order valence-corrected chi connectivity index (χ3v) is 6.00. The van der Waals surface area contributed by atoms with Gasteiger partial charge in [-0.2, -0.15) is 0 Å². The molecule has 28 heavy (non-hydrogen) atoms. The lowest BCUT2D eigenvalue weighted by molar-refractivity contribution is -0.149. The Balaban J connectivity index is 2.15. The minimum absolute atomic E-state index is 0.0420. The van der Waals surface area contributed by atoms with Gasteiger partial charge in [-0.1, -0.05) is 70.9 Å². The minimum Gasteiger partial charge on any atom is -0.426 e. The molecule has 0 aromatic heterocycles. The van der Waals surface area contributed by atoms with Crippen molar-refractivity contribution in [3.63, 3.8) is 0 Å². The van der Waals surface area contributed by atoms with Crippen LogP contribution < -0.4 is 4.74 Å². The maximum absolute atomic E-state index is 13.0. The Kier molecular flexibility index (Phi) is 7.56. The summed E-state index contributed by atoms with van der Waals surface area (Å²) in [5, 5.41) is 0. The lowest BCUT2D eigenvalue weighted by Gasteiger charge is -2.35. The summed E-state index contributed by atoms with van der Waals surface area (Å²) in [5.41, 5.74) is 0.698. The van der Waals surface area contributed by atoms with Gasteiger partial charge in [0.2, 0.25) is 0 Å². The summed E-state index contributed by atoms with van der Waals surface area (Å²) in [5.74, 6) is 0.933. The molecule has 2 aromatic rings. The fourth-order valence-electron chi connectivity index (χ4n) is 3.46. The predicted octanol–water partition coefficient (Wildman–Crippen LogP) is 6.31. The van der Waals surface area contributed by atoms with E-state index in [1.165, 1.54) is 0 Å². The summed E-state index contributed by atoms with van der Waals surface area (Å²) >= 11 is 0. The molecule has 3 nitrogen and oxygen atoms in total. The van der Waals surface area contributed by atoms with Gasteiger partial charge in [0, 0.05) is 11.1 Å². The standard InChI is InChI=1S/C25H32O3/c1-6-18(3)17-25(5,19(4)7-2)24(27)28-22-15-13-21(14-16-22)23(26)20-11-9-8-10-12-20/h8-16,18-19H,6-7,17H2,1-5H3. The number of hydrogen-bond acceptors (Lipinski definition) is 3. The van der Waals surface area contributed by atoms with Crippen LogP contribution in [-0.4, -0.2) is 11.8 Å². The van der Waals surface area contributed by atoms with Gasteiger partial charge >= 0.3 is 5.97 Å². The third-order valence-electron chi connectivity index (χ3n) is 6.00. The third kappa shape index (κ3) is 5.09. The summed E-state index contributed by atoms with van der Waals surface area (Å²) < 4.78 is 5.74. The highest BCUT2D eigenvalue weighted by molar-refractivity contribution is 6.09. The van der Waals surface area contributed by atoms with Crippen molar-refractivity contribution in [1.29, 1.82) is 0 Å². The normalized spacial score (nSPS) is 15.3. The smallest absolute Gasteiger partial charge is 0.317 e. The molecule has 3 unspecified atom stereocenters. The molecular weight excluding hydrogens is 348 g/mol. The van der Waals surface area contributed by atoms with E-state index in [4.69, 9.17) is 4.74 Å². The quantitative estimate of drug-likeness (QED) is 0.291. The van der Waals surface area contributed by atoms with Crippen molar-refractivity contribution < 1.29 is 14.3 Å². The first-order chi connectivity index (χ1) is 13.3. The lowest BCUT2D eigenvalue weighted by atomic mass is 9.71. The van der Waals surface area contributed by atoms with Crippen LogP contribution in [0.3, 0.4) is 0 Å². The molecule has 0 N–H and O–H groups in total. The van der Waals surface area contributed by atoms with Crippen molar-refractivity contribution in [2.45, 2.75) is 53.9 Å². The first kappa shape index (κ1) is 21.9. The van der Waals surface area contributed by atoms with Gasteiger partial charge < -0.3 is 4.74 Å². The minimum atomic E-state index is -0.525. The Morgan fingerprint density at radius 3 is 2.00 bits per heavy atom. The fourth-order valence-corrected chi connectivity index (χ4v) is 3.46. The second-order valence-corrected chi connectivity index (χ2v) is 8.05. The zero-order chi connectivity index (χ0) is 20.7. The van der Waals surface area contributed by atoms with Gasteiger partial charge in [0.1, 0.15) is 5.75 Å². The number of hydrogen-bond donors (Lipinski definition) is 0. The van der Waals surface area contributed by atoms with Gasteiger partial charge in [-0.3, -0.25) is 9.59 Å². The van der Waals surface area contributed by atoms with Crippen LogP contribution in [0.25, 0.3) is 0 Å². The molecule has 3 atom stereocenters. The van der Waals surface area contributed by atoms with E-state index in [0.29, 0.717) is 22.8 Å². The molecule has 0 aliphatic heterocycles. The van der Waals surface area contributed by atoms with Crippen LogP contribution in [0.15, 0.2) is 54.6 Å². The molecule has 0 fully saturated rings.